The van der Waals surface area contributed by atoms with Gasteiger partial charge >= 0.3 is 0 Å². The van der Waals surface area contributed by atoms with E-state index in [1.807, 2.05) is 30.3 Å². The number of benzene rings is 2. The highest BCUT2D eigenvalue weighted by molar-refractivity contribution is 5.81. The van der Waals surface area contributed by atoms with Gasteiger partial charge in [0.15, 0.2) is 0 Å². The van der Waals surface area contributed by atoms with Gasteiger partial charge in [-0.2, -0.15) is 5.10 Å². The van der Waals surface area contributed by atoms with Gasteiger partial charge in [0.25, 0.3) is 5.69 Å². The van der Waals surface area contributed by atoms with Crippen LogP contribution in [0.4, 0.5) is 5.69 Å². The second-order valence-electron chi connectivity index (χ2n) is 6.34. The molecule has 3 aromatic rings. The Morgan fingerprint density at radius 2 is 1.97 bits per heavy atom. The molecule has 0 spiro atoms. The number of nitro groups is 1. The number of hydrogen-bond donors (Lipinski definition) is 2. The van der Waals surface area contributed by atoms with Crippen LogP contribution in [0.3, 0.4) is 0 Å². The van der Waals surface area contributed by atoms with Crippen LogP contribution in [0.2, 0.25) is 0 Å². The molecular formula is C21H20N4O4. The molecule has 1 atom stereocenters. The van der Waals surface area contributed by atoms with E-state index in [0.717, 1.165) is 5.56 Å². The molecule has 0 bridgehead atoms. The molecule has 8 nitrogen and oxygen atoms in total. The van der Waals surface area contributed by atoms with Gasteiger partial charge in [-0.25, -0.2) is 5.43 Å². The lowest BCUT2D eigenvalue weighted by Crippen LogP contribution is -2.18. The quantitative estimate of drug-likeness (QED) is 0.348. The summed E-state index contributed by atoms with van der Waals surface area (Å²) in [4.78, 5) is 22.5. The summed E-state index contributed by atoms with van der Waals surface area (Å²) in [6, 6.07) is 18.9. The van der Waals surface area contributed by atoms with Gasteiger partial charge in [-0.15, -0.1) is 0 Å². The SMILES string of the molecule is O=C(CC[C@H](O)c1ccccc1)N/N=C\c1cccn1-c1cccc([N+](=O)[O-])c1. The first-order valence-corrected chi connectivity index (χ1v) is 9.01. The fraction of sp³-hybridized carbons (Fsp3) is 0.143. The molecule has 0 radical (unpaired) electrons. The molecule has 2 aromatic carbocycles. The van der Waals surface area contributed by atoms with Crippen molar-refractivity contribution >= 4 is 17.8 Å². The number of non-ortho nitro benzene ring substituents is 1. The summed E-state index contributed by atoms with van der Waals surface area (Å²) in [5, 5.41) is 25.0. The molecule has 1 heterocycles. The van der Waals surface area contributed by atoms with E-state index in [1.54, 1.807) is 35.0 Å². The highest BCUT2D eigenvalue weighted by Crippen LogP contribution is 2.19. The highest BCUT2D eigenvalue weighted by Gasteiger charge is 2.10. The second-order valence-corrected chi connectivity index (χ2v) is 6.34. The molecule has 0 saturated carbocycles. The van der Waals surface area contributed by atoms with Crippen LogP contribution in [0.1, 0.15) is 30.2 Å². The number of aliphatic hydroxyl groups is 1. The van der Waals surface area contributed by atoms with Gasteiger partial charge in [-0.3, -0.25) is 14.9 Å². The number of nitro benzene ring substituents is 1. The lowest BCUT2D eigenvalue weighted by molar-refractivity contribution is -0.384. The molecule has 0 unspecified atom stereocenters. The van der Waals surface area contributed by atoms with Gasteiger partial charge in [0.2, 0.25) is 5.91 Å². The van der Waals surface area contributed by atoms with Crippen LogP contribution in [0.25, 0.3) is 5.69 Å². The summed E-state index contributed by atoms with van der Waals surface area (Å²) in [6.07, 6.45) is 2.91. The van der Waals surface area contributed by atoms with Gasteiger partial charge in [0.1, 0.15) is 0 Å². The number of aromatic nitrogens is 1. The zero-order valence-corrected chi connectivity index (χ0v) is 15.5. The number of hydrazone groups is 1. The standard InChI is InChI=1S/C21H20N4O4/c26-20(16-6-2-1-3-7-16)11-12-21(27)23-22-15-19-10-5-13-24(19)17-8-4-9-18(14-17)25(28)29/h1-10,13-15,20,26H,11-12H2,(H,23,27)/b22-15-/t20-/m0/s1. The minimum atomic E-state index is -0.711. The Labute approximate surface area is 167 Å². The number of amides is 1. The third-order valence-electron chi connectivity index (χ3n) is 4.31. The zero-order chi connectivity index (χ0) is 20.6. The molecule has 1 aromatic heterocycles. The third-order valence-corrected chi connectivity index (χ3v) is 4.31. The number of aliphatic hydroxyl groups excluding tert-OH is 1. The number of rotatable bonds is 8. The van der Waals surface area contributed by atoms with E-state index in [2.05, 4.69) is 10.5 Å². The van der Waals surface area contributed by atoms with Gasteiger partial charge in [-0.05, 0) is 30.2 Å². The van der Waals surface area contributed by atoms with E-state index in [9.17, 15) is 20.0 Å². The summed E-state index contributed by atoms with van der Waals surface area (Å²) < 4.78 is 1.72. The smallest absolute Gasteiger partial charge is 0.271 e. The fourth-order valence-electron chi connectivity index (χ4n) is 2.83. The van der Waals surface area contributed by atoms with E-state index >= 15 is 0 Å². The summed E-state index contributed by atoms with van der Waals surface area (Å²) in [5.41, 5.74) is 4.45. The first-order valence-electron chi connectivity index (χ1n) is 9.01. The molecule has 8 heteroatoms. The van der Waals surface area contributed by atoms with Crippen LogP contribution in [0.15, 0.2) is 78.0 Å². The predicted molar refractivity (Wildman–Crippen MR) is 109 cm³/mol. The summed E-state index contributed by atoms with van der Waals surface area (Å²) in [6.45, 7) is 0. The monoisotopic (exact) mass is 392 g/mol. The van der Waals surface area contributed by atoms with E-state index < -0.39 is 11.0 Å². The number of carbonyl (C=O) groups is 1. The van der Waals surface area contributed by atoms with Crippen LogP contribution in [-0.4, -0.2) is 26.7 Å². The van der Waals surface area contributed by atoms with Crippen molar-refractivity contribution in [1.82, 2.24) is 9.99 Å². The minimum absolute atomic E-state index is 0.00985. The van der Waals surface area contributed by atoms with Crippen molar-refractivity contribution in [2.75, 3.05) is 0 Å². The highest BCUT2D eigenvalue weighted by atomic mass is 16.6. The fourth-order valence-corrected chi connectivity index (χ4v) is 2.83. The predicted octanol–water partition coefficient (Wildman–Crippen LogP) is 3.35. The average Bonchev–Trinajstić information content (AvgIpc) is 3.21. The van der Waals surface area contributed by atoms with Crippen molar-refractivity contribution in [2.24, 2.45) is 5.10 Å². The molecule has 0 saturated heterocycles. The van der Waals surface area contributed by atoms with Crippen molar-refractivity contribution in [1.29, 1.82) is 0 Å². The Balaban J connectivity index is 1.57. The molecule has 0 aliphatic carbocycles. The average molecular weight is 392 g/mol. The topological polar surface area (TPSA) is 110 Å². The minimum Gasteiger partial charge on any atom is -0.388 e. The maximum atomic E-state index is 12.0. The molecule has 3 rings (SSSR count). The van der Waals surface area contributed by atoms with Crippen LogP contribution < -0.4 is 5.43 Å². The first-order chi connectivity index (χ1) is 14.0. The van der Waals surface area contributed by atoms with Gasteiger partial charge in [-0.1, -0.05) is 36.4 Å². The molecule has 29 heavy (non-hydrogen) atoms. The number of hydrogen-bond acceptors (Lipinski definition) is 5. The second kappa shape index (κ2) is 9.43. The van der Waals surface area contributed by atoms with Crippen molar-refractivity contribution in [2.45, 2.75) is 18.9 Å². The lowest BCUT2D eigenvalue weighted by Gasteiger charge is -2.09. The molecule has 148 valence electrons. The normalized spacial score (nSPS) is 12.0. The molecule has 0 aliphatic rings. The van der Waals surface area contributed by atoms with Crippen LogP contribution in [-0.2, 0) is 4.79 Å². The van der Waals surface area contributed by atoms with Crippen molar-refractivity contribution in [3.05, 3.63) is 94.3 Å². The van der Waals surface area contributed by atoms with E-state index in [1.165, 1.54) is 18.3 Å². The molecule has 2 N–H and O–H groups in total. The first kappa shape index (κ1) is 20.0. The maximum Gasteiger partial charge on any atom is 0.271 e. The lowest BCUT2D eigenvalue weighted by atomic mass is 10.1. The summed E-state index contributed by atoms with van der Waals surface area (Å²) >= 11 is 0. The Morgan fingerprint density at radius 3 is 2.72 bits per heavy atom. The summed E-state index contributed by atoms with van der Waals surface area (Å²) in [5.74, 6) is -0.315. The zero-order valence-electron chi connectivity index (χ0n) is 15.5. The van der Waals surface area contributed by atoms with E-state index in [-0.39, 0.29) is 24.4 Å². The molecule has 0 fully saturated rings. The van der Waals surface area contributed by atoms with Gasteiger partial charge < -0.3 is 9.67 Å². The Hall–Kier alpha value is -3.78. The number of nitrogens with zero attached hydrogens (tertiary/aromatic N) is 3. The number of nitrogens with one attached hydrogen (secondary N) is 1. The van der Waals surface area contributed by atoms with Crippen LogP contribution in [0, 0.1) is 10.1 Å². The number of carbonyl (C=O) groups excluding carboxylic acids is 1. The van der Waals surface area contributed by atoms with Gasteiger partial charge in [0, 0.05) is 24.8 Å². The molecule has 1 amide bonds. The van der Waals surface area contributed by atoms with Crippen LogP contribution in [0.5, 0.6) is 0 Å². The Morgan fingerprint density at radius 1 is 1.17 bits per heavy atom. The Kier molecular flexibility index (Phi) is 6.49. The van der Waals surface area contributed by atoms with Crippen molar-refractivity contribution < 1.29 is 14.8 Å². The van der Waals surface area contributed by atoms with E-state index in [4.69, 9.17) is 0 Å². The Bertz CT molecular complexity index is 1010. The van der Waals surface area contributed by atoms with Gasteiger partial charge in [0.05, 0.1) is 28.6 Å². The van der Waals surface area contributed by atoms with Crippen molar-refractivity contribution in [3.8, 4) is 5.69 Å². The molecular weight excluding hydrogens is 372 g/mol. The maximum absolute atomic E-state index is 12.0. The van der Waals surface area contributed by atoms with E-state index in [0.29, 0.717) is 11.4 Å². The summed E-state index contributed by atoms with van der Waals surface area (Å²) in [7, 11) is 0. The third kappa shape index (κ3) is 5.36. The molecule has 0 aliphatic heterocycles. The van der Waals surface area contributed by atoms with Crippen LogP contribution >= 0.6 is 0 Å². The van der Waals surface area contributed by atoms with Crippen molar-refractivity contribution in [3.63, 3.8) is 0 Å². The largest absolute Gasteiger partial charge is 0.388 e.